The molecule has 5 heteroatoms. The topological polar surface area (TPSA) is 63.7 Å². The summed E-state index contributed by atoms with van der Waals surface area (Å²) in [6.45, 7) is 1.55. The number of imide groups is 1. The standard InChI is InChI=1S/C20H17NO4/c1-14(22)25-13-16(15-7-3-2-4-8-15)11-12-21-19(23)17-9-5-6-10-18(17)20(21)24/h2-11H,12-13H2,1H3/b16-11-. The summed E-state index contributed by atoms with van der Waals surface area (Å²) in [5.41, 5.74) is 2.46. The summed E-state index contributed by atoms with van der Waals surface area (Å²) in [6.07, 6.45) is 1.75. The first kappa shape index (κ1) is 16.6. The predicted molar refractivity (Wildman–Crippen MR) is 92.9 cm³/mol. The molecule has 0 spiro atoms. The number of nitrogens with zero attached hydrogens (tertiary/aromatic N) is 1. The monoisotopic (exact) mass is 335 g/mol. The molecule has 0 bridgehead atoms. The number of rotatable bonds is 5. The molecule has 1 heterocycles. The van der Waals surface area contributed by atoms with Crippen molar-refractivity contribution in [3.05, 3.63) is 77.4 Å². The molecule has 2 aromatic rings. The minimum absolute atomic E-state index is 0.0858. The van der Waals surface area contributed by atoms with Gasteiger partial charge in [-0.2, -0.15) is 0 Å². The molecule has 0 aromatic heterocycles. The van der Waals surface area contributed by atoms with Crippen molar-refractivity contribution < 1.29 is 19.1 Å². The van der Waals surface area contributed by atoms with Gasteiger partial charge in [0, 0.05) is 13.5 Å². The van der Waals surface area contributed by atoms with Crippen LogP contribution in [0.25, 0.3) is 5.57 Å². The molecule has 0 unspecified atom stereocenters. The van der Waals surface area contributed by atoms with E-state index in [4.69, 9.17) is 4.74 Å². The van der Waals surface area contributed by atoms with Crippen molar-refractivity contribution in [3.63, 3.8) is 0 Å². The van der Waals surface area contributed by atoms with Crippen molar-refractivity contribution in [1.29, 1.82) is 0 Å². The van der Waals surface area contributed by atoms with Gasteiger partial charge in [0.2, 0.25) is 0 Å². The van der Waals surface area contributed by atoms with Crippen molar-refractivity contribution in [2.24, 2.45) is 0 Å². The third-order valence-corrected chi connectivity index (χ3v) is 3.97. The van der Waals surface area contributed by atoms with Crippen molar-refractivity contribution in [3.8, 4) is 0 Å². The van der Waals surface area contributed by atoms with Crippen molar-refractivity contribution >= 4 is 23.4 Å². The van der Waals surface area contributed by atoms with E-state index in [9.17, 15) is 14.4 Å². The van der Waals surface area contributed by atoms with Crippen LogP contribution in [0.3, 0.4) is 0 Å². The molecule has 1 aliphatic heterocycles. The molecule has 0 fully saturated rings. The van der Waals surface area contributed by atoms with Crippen molar-refractivity contribution in [1.82, 2.24) is 4.90 Å². The Morgan fingerprint density at radius 3 is 2.08 bits per heavy atom. The molecular formula is C20H17NO4. The number of carbonyl (C=O) groups excluding carboxylic acids is 3. The van der Waals surface area contributed by atoms with Gasteiger partial charge in [0.15, 0.2) is 0 Å². The summed E-state index contributed by atoms with van der Waals surface area (Å²) in [7, 11) is 0. The van der Waals surface area contributed by atoms with Crippen LogP contribution in [0.1, 0.15) is 33.2 Å². The molecule has 0 saturated carbocycles. The Balaban J connectivity index is 1.83. The van der Waals surface area contributed by atoms with E-state index in [1.54, 1.807) is 30.3 Å². The second-order valence-corrected chi connectivity index (χ2v) is 5.64. The largest absolute Gasteiger partial charge is 0.461 e. The lowest BCUT2D eigenvalue weighted by Gasteiger charge is -2.13. The number of benzene rings is 2. The normalized spacial score (nSPS) is 13.8. The molecule has 1 aliphatic rings. The zero-order valence-electron chi connectivity index (χ0n) is 13.8. The average molecular weight is 335 g/mol. The molecule has 0 radical (unpaired) electrons. The van der Waals surface area contributed by atoms with E-state index in [-0.39, 0.29) is 30.9 Å². The van der Waals surface area contributed by atoms with Gasteiger partial charge in [0.05, 0.1) is 11.1 Å². The van der Waals surface area contributed by atoms with Crippen molar-refractivity contribution in [2.45, 2.75) is 6.92 Å². The van der Waals surface area contributed by atoms with Crippen LogP contribution in [0.4, 0.5) is 0 Å². The minimum atomic E-state index is -0.387. The summed E-state index contributed by atoms with van der Waals surface area (Å²) in [4.78, 5) is 37.1. The van der Waals surface area contributed by atoms with E-state index in [1.165, 1.54) is 11.8 Å². The molecule has 0 N–H and O–H groups in total. The third kappa shape index (κ3) is 3.50. The van der Waals surface area contributed by atoms with Gasteiger partial charge in [-0.05, 0) is 23.3 Å². The molecule has 126 valence electrons. The number of fused-ring (bicyclic) bond motifs is 1. The fraction of sp³-hybridized carbons (Fsp3) is 0.150. The number of ether oxygens (including phenoxy) is 1. The second kappa shape index (κ2) is 7.13. The Morgan fingerprint density at radius 1 is 0.960 bits per heavy atom. The highest BCUT2D eigenvalue weighted by Crippen LogP contribution is 2.23. The van der Waals surface area contributed by atoms with Gasteiger partial charge in [0.25, 0.3) is 11.8 Å². The van der Waals surface area contributed by atoms with Crippen LogP contribution in [0.2, 0.25) is 0 Å². The molecule has 0 saturated heterocycles. The molecule has 0 aliphatic carbocycles. The Morgan fingerprint density at radius 2 is 1.52 bits per heavy atom. The first-order valence-corrected chi connectivity index (χ1v) is 7.91. The molecule has 5 nitrogen and oxygen atoms in total. The second-order valence-electron chi connectivity index (χ2n) is 5.64. The lowest BCUT2D eigenvalue weighted by atomic mass is 10.1. The van der Waals surface area contributed by atoms with E-state index in [0.29, 0.717) is 11.1 Å². The first-order valence-electron chi connectivity index (χ1n) is 7.91. The van der Waals surface area contributed by atoms with Gasteiger partial charge in [-0.1, -0.05) is 48.5 Å². The Bertz CT molecular complexity index is 820. The maximum absolute atomic E-state index is 12.4. The van der Waals surface area contributed by atoms with Crippen LogP contribution < -0.4 is 0 Å². The number of hydrogen-bond donors (Lipinski definition) is 0. The fourth-order valence-electron chi connectivity index (χ4n) is 2.70. The van der Waals surface area contributed by atoms with Gasteiger partial charge in [0.1, 0.15) is 6.61 Å². The van der Waals surface area contributed by atoms with Gasteiger partial charge in [-0.15, -0.1) is 0 Å². The Hall–Kier alpha value is -3.21. The Labute approximate surface area is 145 Å². The van der Waals surface area contributed by atoms with Gasteiger partial charge >= 0.3 is 5.97 Å². The molecule has 25 heavy (non-hydrogen) atoms. The fourth-order valence-corrected chi connectivity index (χ4v) is 2.70. The summed E-state index contributed by atoms with van der Waals surface area (Å²) in [6, 6.07) is 16.2. The highest BCUT2D eigenvalue weighted by Gasteiger charge is 2.34. The van der Waals surface area contributed by atoms with Gasteiger partial charge in [-0.3, -0.25) is 19.3 Å². The van der Waals surface area contributed by atoms with Crippen LogP contribution in [-0.2, 0) is 9.53 Å². The molecule has 2 aromatic carbocycles. The van der Waals surface area contributed by atoms with E-state index >= 15 is 0 Å². The lowest BCUT2D eigenvalue weighted by molar-refractivity contribution is -0.139. The average Bonchev–Trinajstić information content (AvgIpc) is 2.87. The highest BCUT2D eigenvalue weighted by molar-refractivity contribution is 6.21. The number of hydrogen-bond acceptors (Lipinski definition) is 4. The zero-order valence-corrected chi connectivity index (χ0v) is 13.8. The van der Waals surface area contributed by atoms with E-state index in [1.807, 2.05) is 30.3 Å². The molecular weight excluding hydrogens is 318 g/mol. The SMILES string of the molecule is CC(=O)OC/C(=C/CN1C(=O)c2ccccc2C1=O)c1ccccc1. The zero-order chi connectivity index (χ0) is 17.8. The minimum Gasteiger partial charge on any atom is -0.461 e. The quantitative estimate of drug-likeness (QED) is 0.622. The van der Waals surface area contributed by atoms with Crippen LogP contribution in [0, 0.1) is 0 Å². The maximum atomic E-state index is 12.4. The smallest absolute Gasteiger partial charge is 0.302 e. The summed E-state index contributed by atoms with van der Waals surface area (Å²) in [5.74, 6) is -1.00. The molecule has 3 rings (SSSR count). The van der Waals surface area contributed by atoms with Crippen LogP contribution >= 0.6 is 0 Å². The first-order chi connectivity index (χ1) is 12.1. The van der Waals surface area contributed by atoms with Gasteiger partial charge in [-0.25, -0.2) is 0 Å². The third-order valence-electron chi connectivity index (χ3n) is 3.97. The van der Waals surface area contributed by atoms with Gasteiger partial charge < -0.3 is 4.74 Å². The highest BCUT2D eigenvalue weighted by atomic mass is 16.5. The summed E-state index contributed by atoms with van der Waals surface area (Å²) >= 11 is 0. The maximum Gasteiger partial charge on any atom is 0.302 e. The number of carbonyl (C=O) groups is 3. The van der Waals surface area contributed by atoms with E-state index in [2.05, 4.69) is 0 Å². The Kier molecular flexibility index (Phi) is 4.75. The lowest BCUT2D eigenvalue weighted by Crippen LogP contribution is -2.30. The van der Waals surface area contributed by atoms with Crippen molar-refractivity contribution in [2.75, 3.05) is 13.2 Å². The van der Waals surface area contributed by atoms with E-state index < -0.39 is 0 Å². The molecule has 0 atom stereocenters. The number of esters is 1. The summed E-state index contributed by atoms with van der Waals surface area (Å²) < 4.78 is 5.09. The van der Waals surface area contributed by atoms with Crippen LogP contribution in [-0.4, -0.2) is 35.8 Å². The van der Waals surface area contributed by atoms with E-state index in [0.717, 1.165) is 11.1 Å². The number of amides is 2. The summed E-state index contributed by atoms with van der Waals surface area (Å²) in [5, 5.41) is 0. The van der Waals surface area contributed by atoms with Crippen LogP contribution in [0.5, 0.6) is 0 Å². The van der Waals surface area contributed by atoms with Crippen LogP contribution in [0.15, 0.2) is 60.7 Å². The predicted octanol–water partition coefficient (Wildman–Crippen LogP) is 2.93. The molecule has 2 amide bonds.